The lowest BCUT2D eigenvalue weighted by atomic mass is 9.95. The zero-order chi connectivity index (χ0) is 17.2. The molecule has 0 saturated carbocycles. The average molecular weight is 349 g/mol. The molecule has 0 aromatic carbocycles. The molecule has 0 aromatic heterocycles. The summed E-state index contributed by atoms with van der Waals surface area (Å²) in [6.07, 6.45) is 5.95. The Hall–Kier alpha value is -0.340. The number of nitrogens with one attached hydrogen (secondary N) is 2. The summed E-state index contributed by atoms with van der Waals surface area (Å²) in [6, 6.07) is 0. The molecule has 0 rings (SSSR count). The number of thioether (sulfide) groups is 1. The number of unbranched alkanes of at least 4 members (excludes halogenated alkanes) is 1. The first-order valence-corrected chi connectivity index (χ1v) is 10.2. The van der Waals surface area contributed by atoms with Crippen LogP contribution in [0.4, 0.5) is 0 Å². The summed E-state index contributed by atoms with van der Waals surface area (Å²) in [5, 5.41) is 6.45. The minimum absolute atomic E-state index is 0.121. The van der Waals surface area contributed by atoms with E-state index in [0.717, 1.165) is 82.8 Å². The fraction of sp³-hybridized carbons (Fsp3) is 0.938. The molecule has 0 saturated heterocycles. The van der Waals surface area contributed by atoms with Crippen molar-refractivity contribution < 1.29 is 10.5 Å². The molecule has 23 heavy (non-hydrogen) atoms. The van der Waals surface area contributed by atoms with Crippen molar-refractivity contribution in [3.63, 3.8) is 0 Å². The molecule has 0 bridgehead atoms. The Labute approximate surface area is 146 Å². The van der Waals surface area contributed by atoms with E-state index in [9.17, 15) is 4.79 Å². The van der Waals surface area contributed by atoms with E-state index >= 15 is 0 Å². The number of hydrogen-bond acceptors (Lipinski definition) is 5. The fourth-order valence-corrected chi connectivity index (χ4v) is 3.02. The fourth-order valence-electron chi connectivity index (χ4n) is 2.36. The molecular weight excluding hydrogens is 310 g/mol. The molecule has 0 aliphatic heterocycles. The largest absolute Gasteiger partial charge is 0.357 e. The molecule has 6 nitrogen and oxygen atoms in total. The highest BCUT2D eigenvalue weighted by molar-refractivity contribution is 7.99. The summed E-state index contributed by atoms with van der Waals surface area (Å²) in [4.78, 5) is 12.3. The number of rotatable bonds is 17. The SMILES string of the molecule is NCCCCC(CCCNCCCN)C(=O)NCCSCC[NH3+]. The van der Waals surface area contributed by atoms with Crippen molar-refractivity contribution in [1.82, 2.24) is 10.6 Å². The van der Waals surface area contributed by atoms with Crippen molar-refractivity contribution in [2.24, 2.45) is 17.4 Å². The second-order valence-electron chi connectivity index (χ2n) is 5.77. The maximum absolute atomic E-state index is 12.3. The van der Waals surface area contributed by atoms with Gasteiger partial charge in [-0.15, -0.1) is 0 Å². The van der Waals surface area contributed by atoms with E-state index in [0.29, 0.717) is 6.54 Å². The van der Waals surface area contributed by atoms with Crippen molar-refractivity contribution in [1.29, 1.82) is 0 Å². The lowest BCUT2D eigenvalue weighted by Gasteiger charge is -2.17. The Bertz CT molecular complexity index is 269. The minimum atomic E-state index is 0.121. The smallest absolute Gasteiger partial charge is 0.223 e. The van der Waals surface area contributed by atoms with Crippen LogP contribution in [-0.4, -0.2) is 56.7 Å². The van der Waals surface area contributed by atoms with Crippen LogP contribution >= 0.6 is 11.8 Å². The predicted molar refractivity (Wildman–Crippen MR) is 100 cm³/mol. The Kier molecular flexibility index (Phi) is 17.7. The van der Waals surface area contributed by atoms with Crippen LogP contribution in [0, 0.1) is 5.92 Å². The summed E-state index contributed by atoms with van der Waals surface area (Å²) in [7, 11) is 0. The van der Waals surface area contributed by atoms with Gasteiger partial charge in [0.15, 0.2) is 0 Å². The zero-order valence-corrected chi connectivity index (χ0v) is 15.5. The van der Waals surface area contributed by atoms with Gasteiger partial charge in [-0.2, -0.15) is 11.8 Å². The van der Waals surface area contributed by atoms with Crippen molar-refractivity contribution in [3.05, 3.63) is 0 Å². The van der Waals surface area contributed by atoms with E-state index in [2.05, 4.69) is 16.4 Å². The van der Waals surface area contributed by atoms with Gasteiger partial charge < -0.3 is 27.8 Å². The van der Waals surface area contributed by atoms with Crippen molar-refractivity contribution in [3.8, 4) is 0 Å². The summed E-state index contributed by atoms with van der Waals surface area (Å²) >= 11 is 1.84. The Morgan fingerprint density at radius 3 is 2.35 bits per heavy atom. The van der Waals surface area contributed by atoms with Gasteiger partial charge in [0.2, 0.25) is 5.91 Å². The number of quaternary nitrogens is 1. The molecule has 0 aliphatic carbocycles. The molecule has 0 aromatic rings. The van der Waals surface area contributed by atoms with Gasteiger partial charge in [0.25, 0.3) is 0 Å². The highest BCUT2D eigenvalue weighted by Gasteiger charge is 2.17. The molecule has 0 spiro atoms. The average Bonchev–Trinajstić information content (AvgIpc) is 2.56. The molecule has 1 amide bonds. The Balaban J connectivity index is 3.93. The van der Waals surface area contributed by atoms with Gasteiger partial charge in [-0.05, 0) is 58.3 Å². The molecule has 0 radical (unpaired) electrons. The van der Waals surface area contributed by atoms with E-state index in [-0.39, 0.29) is 11.8 Å². The molecule has 9 N–H and O–H groups in total. The maximum atomic E-state index is 12.3. The normalized spacial score (nSPS) is 12.3. The van der Waals surface area contributed by atoms with Gasteiger partial charge in [0.1, 0.15) is 0 Å². The van der Waals surface area contributed by atoms with Crippen LogP contribution in [-0.2, 0) is 4.79 Å². The number of carbonyl (C=O) groups is 1. The third-order valence-corrected chi connectivity index (χ3v) is 4.75. The third kappa shape index (κ3) is 15.0. The molecule has 138 valence electrons. The first-order valence-electron chi connectivity index (χ1n) is 9.01. The molecule has 0 heterocycles. The standard InChI is InChI=1S/C16H37N5OS/c17-7-2-1-5-15(6-3-10-20-11-4-8-18)16(22)21-12-14-23-13-9-19/h15,20H,1-14,17-19H2,(H,21,22)/p+1. The van der Waals surface area contributed by atoms with Gasteiger partial charge in [0, 0.05) is 24.0 Å². The monoisotopic (exact) mass is 348 g/mol. The molecule has 0 aliphatic rings. The Morgan fingerprint density at radius 2 is 1.65 bits per heavy atom. The number of amides is 1. The van der Waals surface area contributed by atoms with Crippen LogP contribution < -0.4 is 27.8 Å². The second-order valence-corrected chi connectivity index (χ2v) is 7.00. The van der Waals surface area contributed by atoms with Crippen molar-refractivity contribution >= 4 is 17.7 Å². The van der Waals surface area contributed by atoms with E-state index in [4.69, 9.17) is 11.5 Å². The van der Waals surface area contributed by atoms with Crippen LogP contribution in [0.1, 0.15) is 38.5 Å². The maximum Gasteiger partial charge on any atom is 0.223 e. The van der Waals surface area contributed by atoms with Crippen LogP contribution in [0.25, 0.3) is 0 Å². The van der Waals surface area contributed by atoms with Crippen LogP contribution in [0.2, 0.25) is 0 Å². The lowest BCUT2D eigenvalue weighted by Crippen LogP contribution is -2.51. The molecule has 1 atom stereocenters. The van der Waals surface area contributed by atoms with Gasteiger partial charge >= 0.3 is 0 Å². The van der Waals surface area contributed by atoms with E-state index in [1.165, 1.54) is 0 Å². The topological polar surface area (TPSA) is 121 Å². The van der Waals surface area contributed by atoms with E-state index in [1.807, 2.05) is 11.8 Å². The summed E-state index contributed by atoms with van der Waals surface area (Å²) in [6.45, 7) is 5.05. The highest BCUT2D eigenvalue weighted by atomic mass is 32.2. The number of nitrogens with two attached hydrogens (primary N) is 2. The van der Waals surface area contributed by atoms with Crippen LogP contribution in [0.5, 0.6) is 0 Å². The van der Waals surface area contributed by atoms with Gasteiger partial charge in [-0.3, -0.25) is 4.79 Å². The van der Waals surface area contributed by atoms with Gasteiger partial charge in [0.05, 0.1) is 6.54 Å². The predicted octanol–water partition coefficient (Wildman–Crippen LogP) is -0.458. The second kappa shape index (κ2) is 18.0. The zero-order valence-electron chi connectivity index (χ0n) is 14.7. The van der Waals surface area contributed by atoms with Crippen LogP contribution in [0.3, 0.4) is 0 Å². The van der Waals surface area contributed by atoms with Crippen molar-refractivity contribution in [2.75, 3.05) is 50.8 Å². The third-order valence-electron chi connectivity index (χ3n) is 3.68. The van der Waals surface area contributed by atoms with Gasteiger partial charge in [-0.25, -0.2) is 0 Å². The first kappa shape index (κ1) is 22.7. The molecule has 7 heteroatoms. The quantitative estimate of drug-likeness (QED) is 0.228. The summed E-state index contributed by atoms with van der Waals surface area (Å²) in [5.41, 5.74) is 14.8. The highest BCUT2D eigenvalue weighted by Crippen LogP contribution is 2.15. The summed E-state index contributed by atoms with van der Waals surface area (Å²) in [5.74, 6) is 2.36. The Morgan fingerprint density at radius 1 is 0.957 bits per heavy atom. The summed E-state index contributed by atoms with van der Waals surface area (Å²) < 4.78 is 0. The molecule has 0 fully saturated rings. The minimum Gasteiger partial charge on any atom is -0.357 e. The van der Waals surface area contributed by atoms with Crippen molar-refractivity contribution in [2.45, 2.75) is 38.5 Å². The lowest BCUT2D eigenvalue weighted by molar-refractivity contribution is -0.360. The molecule has 1 unspecified atom stereocenters. The number of carbonyl (C=O) groups excluding carboxylic acids is 1. The number of hydrogen-bond donors (Lipinski definition) is 5. The van der Waals surface area contributed by atoms with E-state index in [1.54, 1.807) is 0 Å². The first-order chi connectivity index (χ1) is 11.3. The van der Waals surface area contributed by atoms with Crippen LogP contribution in [0.15, 0.2) is 0 Å². The molecular formula is C16H38N5OS+. The van der Waals surface area contributed by atoms with E-state index < -0.39 is 0 Å². The van der Waals surface area contributed by atoms with Gasteiger partial charge in [-0.1, -0.05) is 6.42 Å².